The highest BCUT2D eigenvalue weighted by molar-refractivity contribution is 14.0. The normalized spacial score (nSPS) is 30.4. The van der Waals surface area contributed by atoms with Gasteiger partial charge < -0.3 is 10.6 Å². The van der Waals surface area contributed by atoms with Crippen LogP contribution >= 0.6 is 24.0 Å². The number of aliphatic imine (C=N–C) groups is 1. The molecule has 0 aliphatic carbocycles. The molecule has 3 atom stereocenters. The van der Waals surface area contributed by atoms with Gasteiger partial charge in [-0.1, -0.05) is 6.92 Å². The zero-order valence-electron chi connectivity index (χ0n) is 15.3. The molecule has 24 heavy (non-hydrogen) atoms. The number of hydrogen-bond donors (Lipinski definition) is 2. The number of nitrogens with zero attached hydrogens (tertiary/aromatic N) is 2. The number of likely N-dealkylation sites (tertiary alicyclic amines) is 1. The van der Waals surface area contributed by atoms with Gasteiger partial charge in [0.25, 0.3) is 0 Å². The molecule has 0 amide bonds. The minimum atomic E-state index is -2.82. The minimum Gasteiger partial charge on any atom is -0.357 e. The molecule has 2 rings (SSSR count). The molecular weight excluding hydrogens is 439 g/mol. The van der Waals surface area contributed by atoms with Crippen molar-refractivity contribution in [3.63, 3.8) is 0 Å². The summed E-state index contributed by atoms with van der Waals surface area (Å²) in [4.78, 5) is 7.12. The zero-order chi connectivity index (χ0) is 17.0. The molecule has 142 valence electrons. The Morgan fingerprint density at radius 1 is 1.33 bits per heavy atom. The highest BCUT2D eigenvalue weighted by Gasteiger charge is 2.31. The highest BCUT2D eigenvalue weighted by atomic mass is 127. The van der Waals surface area contributed by atoms with Crippen LogP contribution in [0, 0.1) is 11.8 Å². The van der Waals surface area contributed by atoms with Gasteiger partial charge in [0.2, 0.25) is 0 Å². The summed E-state index contributed by atoms with van der Waals surface area (Å²) >= 11 is 0. The molecule has 2 aliphatic rings. The summed E-state index contributed by atoms with van der Waals surface area (Å²) in [5, 5.41) is 6.83. The summed E-state index contributed by atoms with van der Waals surface area (Å²) in [5.74, 6) is 2.17. The fraction of sp³-hybridized carbons (Fsp3) is 0.938. The predicted octanol–water partition coefficient (Wildman–Crippen LogP) is 1.32. The average molecular weight is 472 g/mol. The van der Waals surface area contributed by atoms with E-state index in [1.54, 1.807) is 0 Å². The number of hydrogen-bond acceptors (Lipinski definition) is 4. The van der Waals surface area contributed by atoms with Crippen molar-refractivity contribution >= 4 is 39.8 Å². The fourth-order valence-electron chi connectivity index (χ4n) is 3.35. The van der Waals surface area contributed by atoms with E-state index < -0.39 is 9.84 Å². The predicted molar refractivity (Wildman–Crippen MR) is 111 cm³/mol. The van der Waals surface area contributed by atoms with Crippen LogP contribution in [0.1, 0.15) is 34.1 Å². The van der Waals surface area contributed by atoms with Crippen molar-refractivity contribution in [3.8, 4) is 0 Å². The molecule has 3 unspecified atom stereocenters. The van der Waals surface area contributed by atoms with Gasteiger partial charge in [0.05, 0.1) is 11.5 Å². The third-order valence-electron chi connectivity index (χ3n) is 4.87. The van der Waals surface area contributed by atoms with Gasteiger partial charge in [-0.15, -0.1) is 24.0 Å². The van der Waals surface area contributed by atoms with Crippen molar-refractivity contribution in [2.24, 2.45) is 16.8 Å². The van der Waals surface area contributed by atoms with E-state index in [2.05, 4.69) is 48.2 Å². The van der Waals surface area contributed by atoms with Crippen molar-refractivity contribution < 1.29 is 8.42 Å². The highest BCUT2D eigenvalue weighted by Crippen LogP contribution is 2.20. The Balaban J connectivity index is 0.00000288. The van der Waals surface area contributed by atoms with Crippen LogP contribution in [0.25, 0.3) is 0 Å². The number of rotatable bonds is 5. The Bertz CT molecular complexity index is 524. The van der Waals surface area contributed by atoms with Crippen LogP contribution in [0.4, 0.5) is 0 Å². The SMILES string of the molecule is CCNC(=NCC1CCS(=O)(=O)C1)NC1CN(C(C)C)CC1C.I. The number of guanidine groups is 1. The van der Waals surface area contributed by atoms with E-state index in [0.717, 1.165) is 32.0 Å². The Morgan fingerprint density at radius 3 is 2.54 bits per heavy atom. The first-order chi connectivity index (χ1) is 10.8. The first kappa shape index (κ1) is 22.0. The van der Waals surface area contributed by atoms with Crippen LogP contribution in [-0.2, 0) is 9.84 Å². The van der Waals surface area contributed by atoms with Crippen molar-refractivity contribution in [2.75, 3.05) is 37.7 Å². The van der Waals surface area contributed by atoms with Gasteiger partial charge in [-0.25, -0.2) is 8.42 Å². The first-order valence-electron chi connectivity index (χ1n) is 8.80. The van der Waals surface area contributed by atoms with E-state index in [9.17, 15) is 8.42 Å². The quantitative estimate of drug-likeness (QED) is 0.359. The van der Waals surface area contributed by atoms with Crippen molar-refractivity contribution in [3.05, 3.63) is 0 Å². The molecule has 0 saturated carbocycles. The maximum Gasteiger partial charge on any atom is 0.191 e. The number of sulfone groups is 1. The van der Waals surface area contributed by atoms with Crippen molar-refractivity contribution in [2.45, 2.75) is 46.2 Å². The average Bonchev–Trinajstić information content (AvgIpc) is 3.00. The molecule has 0 aromatic rings. The van der Waals surface area contributed by atoms with E-state index in [4.69, 9.17) is 0 Å². The summed E-state index contributed by atoms with van der Waals surface area (Å²) in [6.07, 6.45) is 0.742. The number of nitrogens with one attached hydrogen (secondary N) is 2. The largest absolute Gasteiger partial charge is 0.357 e. The monoisotopic (exact) mass is 472 g/mol. The Kier molecular flexibility index (Phi) is 8.75. The molecule has 0 aromatic heterocycles. The van der Waals surface area contributed by atoms with Crippen LogP contribution in [0.15, 0.2) is 4.99 Å². The summed E-state index contributed by atoms with van der Waals surface area (Å²) in [5.41, 5.74) is 0. The summed E-state index contributed by atoms with van der Waals surface area (Å²) in [6.45, 7) is 12.3. The van der Waals surface area contributed by atoms with E-state index >= 15 is 0 Å². The van der Waals surface area contributed by atoms with Crippen LogP contribution in [0.5, 0.6) is 0 Å². The molecule has 2 fully saturated rings. The Labute approximate surface area is 164 Å². The smallest absolute Gasteiger partial charge is 0.191 e. The maximum absolute atomic E-state index is 11.5. The second-order valence-corrected chi connectivity index (χ2v) is 9.49. The molecule has 0 spiro atoms. The lowest BCUT2D eigenvalue weighted by atomic mass is 10.1. The molecule has 0 bridgehead atoms. The third kappa shape index (κ3) is 6.33. The molecule has 8 heteroatoms. The third-order valence-corrected chi connectivity index (χ3v) is 6.71. The van der Waals surface area contributed by atoms with Crippen LogP contribution in [-0.4, -0.2) is 69.0 Å². The molecule has 2 aliphatic heterocycles. The van der Waals surface area contributed by atoms with Gasteiger partial charge in [-0.3, -0.25) is 9.89 Å². The topological polar surface area (TPSA) is 73.8 Å². The summed E-state index contributed by atoms with van der Waals surface area (Å²) < 4.78 is 23.1. The summed E-state index contributed by atoms with van der Waals surface area (Å²) in [6, 6.07) is 0.954. The van der Waals surface area contributed by atoms with Crippen LogP contribution in [0.2, 0.25) is 0 Å². The van der Waals surface area contributed by atoms with Gasteiger partial charge in [-0.2, -0.15) is 0 Å². The maximum atomic E-state index is 11.5. The molecular formula is C16H33IN4O2S. The fourth-order valence-corrected chi connectivity index (χ4v) is 5.20. The van der Waals surface area contributed by atoms with Crippen LogP contribution < -0.4 is 10.6 Å². The lowest BCUT2D eigenvalue weighted by Crippen LogP contribution is -2.47. The van der Waals surface area contributed by atoms with E-state index in [-0.39, 0.29) is 35.6 Å². The van der Waals surface area contributed by atoms with Gasteiger partial charge in [0.1, 0.15) is 0 Å². The summed E-state index contributed by atoms with van der Waals surface area (Å²) in [7, 11) is -2.82. The molecule has 2 N–H and O–H groups in total. The Morgan fingerprint density at radius 2 is 2.04 bits per heavy atom. The standard InChI is InChI=1S/C16H32N4O2S.HI/c1-5-17-16(18-8-14-6-7-23(21,22)11-14)19-15-10-20(12(2)3)9-13(15)4;/h12-15H,5-11H2,1-4H3,(H2,17,18,19);1H. The lowest BCUT2D eigenvalue weighted by molar-refractivity contribution is 0.265. The number of halogens is 1. The Hall–Kier alpha value is -0.0900. The zero-order valence-corrected chi connectivity index (χ0v) is 18.4. The van der Waals surface area contributed by atoms with Gasteiger partial charge in [0.15, 0.2) is 15.8 Å². The molecule has 2 saturated heterocycles. The molecule has 6 nitrogen and oxygen atoms in total. The molecule has 0 radical (unpaired) electrons. The molecule has 2 heterocycles. The van der Waals surface area contributed by atoms with Gasteiger partial charge >= 0.3 is 0 Å². The first-order valence-corrected chi connectivity index (χ1v) is 10.6. The van der Waals surface area contributed by atoms with Gasteiger partial charge in [0, 0.05) is 38.3 Å². The minimum absolute atomic E-state index is 0. The van der Waals surface area contributed by atoms with E-state index in [0.29, 0.717) is 30.3 Å². The van der Waals surface area contributed by atoms with E-state index in [1.807, 2.05) is 0 Å². The lowest BCUT2D eigenvalue weighted by Gasteiger charge is -2.22. The van der Waals surface area contributed by atoms with Crippen molar-refractivity contribution in [1.82, 2.24) is 15.5 Å². The second-order valence-electron chi connectivity index (χ2n) is 7.26. The van der Waals surface area contributed by atoms with Crippen molar-refractivity contribution in [1.29, 1.82) is 0 Å². The second kappa shape index (κ2) is 9.56. The van der Waals surface area contributed by atoms with E-state index in [1.165, 1.54) is 0 Å². The molecule has 0 aromatic carbocycles. The van der Waals surface area contributed by atoms with Crippen LogP contribution in [0.3, 0.4) is 0 Å². The van der Waals surface area contributed by atoms with Gasteiger partial charge in [-0.05, 0) is 39.0 Å².